The molecule has 2 rings (SSSR count). The average molecular weight is 276 g/mol. The van der Waals surface area contributed by atoms with Crippen molar-refractivity contribution in [1.29, 1.82) is 0 Å². The molecule has 0 aromatic heterocycles. The van der Waals surface area contributed by atoms with Crippen LogP contribution in [0.1, 0.15) is 25.8 Å². The summed E-state index contributed by atoms with van der Waals surface area (Å²) in [4.78, 5) is 0. The van der Waals surface area contributed by atoms with Crippen molar-refractivity contribution in [2.24, 2.45) is 0 Å². The van der Waals surface area contributed by atoms with Crippen LogP contribution in [0.3, 0.4) is 0 Å². The Bertz CT molecular complexity index is 374. The van der Waals surface area contributed by atoms with E-state index in [2.05, 4.69) is 29.8 Å². The summed E-state index contributed by atoms with van der Waals surface area (Å²) in [7, 11) is 0. The summed E-state index contributed by atoms with van der Waals surface area (Å²) in [5, 5.41) is 0.759. The number of ether oxygens (including phenoxy) is 1. The van der Waals surface area contributed by atoms with E-state index in [9.17, 15) is 0 Å². The van der Waals surface area contributed by atoms with Crippen molar-refractivity contribution in [3.8, 4) is 5.75 Å². The van der Waals surface area contributed by atoms with Gasteiger partial charge in [-0.2, -0.15) is 0 Å². The van der Waals surface area contributed by atoms with E-state index in [1.54, 1.807) is 0 Å². The van der Waals surface area contributed by atoms with Gasteiger partial charge in [0.2, 0.25) is 0 Å². The van der Waals surface area contributed by atoms with Gasteiger partial charge in [-0.3, -0.25) is 0 Å². The first-order valence-electron chi connectivity index (χ1n) is 4.63. The van der Waals surface area contributed by atoms with Crippen molar-refractivity contribution in [2.45, 2.75) is 25.7 Å². The molecule has 0 spiro atoms. The van der Waals surface area contributed by atoms with Gasteiger partial charge < -0.3 is 4.74 Å². The van der Waals surface area contributed by atoms with Gasteiger partial charge in [-0.05, 0) is 39.9 Å². The summed E-state index contributed by atoms with van der Waals surface area (Å²) < 4.78 is 6.59. The number of hydrogen-bond donors (Lipinski definition) is 0. The molecule has 1 nitrogen and oxygen atoms in total. The molecule has 0 N–H and O–H groups in total. The van der Waals surface area contributed by atoms with Gasteiger partial charge in [0.25, 0.3) is 0 Å². The van der Waals surface area contributed by atoms with Crippen molar-refractivity contribution in [3.05, 3.63) is 27.2 Å². The summed E-state index contributed by atoms with van der Waals surface area (Å²) in [5.74, 6) is 0.950. The van der Waals surface area contributed by atoms with Gasteiger partial charge in [0.05, 0.1) is 11.1 Å². The Balaban J connectivity index is 2.63. The van der Waals surface area contributed by atoms with E-state index in [1.165, 1.54) is 5.56 Å². The molecule has 0 radical (unpaired) electrons. The maximum absolute atomic E-state index is 6.02. The Labute approximate surface area is 97.5 Å². The van der Waals surface area contributed by atoms with Crippen LogP contribution in [0.25, 0.3) is 0 Å². The monoisotopic (exact) mass is 274 g/mol. The maximum atomic E-state index is 6.02. The lowest BCUT2D eigenvalue weighted by molar-refractivity contribution is 0.232. The predicted octanol–water partition coefficient (Wildman–Crippen LogP) is 4.16. The number of halogens is 2. The van der Waals surface area contributed by atoms with Crippen molar-refractivity contribution >= 4 is 27.5 Å². The van der Waals surface area contributed by atoms with E-state index < -0.39 is 0 Å². The van der Waals surface area contributed by atoms with Gasteiger partial charge in [-0.25, -0.2) is 0 Å². The van der Waals surface area contributed by atoms with E-state index >= 15 is 0 Å². The minimum atomic E-state index is 0.154. The fraction of sp³-hybridized carbons (Fsp3) is 0.455. The molecule has 76 valence electrons. The van der Waals surface area contributed by atoms with Gasteiger partial charge >= 0.3 is 0 Å². The highest BCUT2D eigenvalue weighted by molar-refractivity contribution is 9.10. The van der Waals surface area contributed by atoms with Crippen LogP contribution in [0, 0.1) is 0 Å². The third-order valence-corrected chi connectivity index (χ3v) is 3.52. The summed E-state index contributed by atoms with van der Waals surface area (Å²) in [6.07, 6.45) is 1.03. The van der Waals surface area contributed by atoms with Crippen LogP contribution in [0.4, 0.5) is 0 Å². The quantitative estimate of drug-likeness (QED) is 0.691. The molecular weight excluding hydrogens is 263 g/mol. The Morgan fingerprint density at radius 2 is 2.14 bits per heavy atom. The van der Waals surface area contributed by atoms with Crippen molar-refractivity contribution < 1.29 is 4.74 Å². The van der Waals surface area contributed by atoms with E-state index in [4.69, 9.17) is 16.3 Å². The number of benzene rings is 1. The molecule has 1 aliphatic heterocycles. The van der Waals surface area contributed by atoms with Crippen molar-refractivity contribution in [2.75, 3.05) is 6.61 Å². The zero-order valence-electron chi connectivity index (χ0n) is 8.23. The second-order valence-electron chi connectivity index (χ2n) is 4.25. The minimum absolute atomic E-state index is 0.154. The normalized spacial score (nSPS) is 18.6. The molecule has 14 heavy (non-hydrogen) atoms. The number of hydrogen-bond acceptors (Lipinski definition) is 1. The molecule has 0 saturated heterocycles. The third kappa shape index (κ3) is 1.66. The van der Waals surface area contributed by atoms with Crippen molar-refractivity contribution in [1.82, 2.24) is 0 Å². The van der Waals surface area contributed by atoms with Crippen LogP contribution >= 0.6 is 27.5 Å². The fourth-order valence-electron chi connectivity index (χ4n) is 1.75. The van der Waals surface area contributed by atoms with E-state index in [0.717, 1.165) is 28.3 Å². The average Bonchev–Trinajstić information content (AvgIpc) is 2.06. The molecule has 0 unspecified atom stereocenters. The second kappa shape index (κ2) is 3.42. The summed E-state index contributed by atoms with van der Waals surface area (Å²) in [6.45, 7) is 5.22. The second-order valence-corrected chi connectivity index (χ2v) is 5.54. The molecule has 0 aliphatic carbocycles. The van der Waals surface area contributed by atoms with Crippen LogP contribution in [0.15, 0.2) is 16.6 Å². The van der Waals surface area contributed by atoms with Gasteiger partial charge in [0.1, 0.15) is 5.75 Å². The summed E-state index contributed by atoms with van der Waals surface area (Å²) in [5.41, 5.74) is 1.35. The van der Waals surface area contributed by atoms with Gasteiger partial charge in [-0.15, -0.1) is 0 Å². The highest BCUT2D eigenvalue weighted by Crippen LogP contribution is 2.43. The fourth-order valence-corrected chi connectivity index (χ4v) is 2.68. The SMILES string of the molecule is CC1(C)CCOc2c(Br)cc(Cl)cc21. The maximum Gasteiger partial charge on any atom is 0.137 e. The Morgan fingerprint density at radius 1 is 1.43 bits per heavy atom. The van der Waals surface area contributed by atoms with Crippen LogP contribution in [-0.2, 0) is 5.41 Å². The molecule has 0 saturated carbocycles. The lowest BCUT2D eigenvalue weighted by Crippen LogP contribution is -2.26. The molecule has 1 aromatic rings. The third-order valence-electron chi connectivity index (χ3n) is 2.71. The lowest BCUT2D eigenvalue weighted by atomic mass is 9.80. The molecule has 1 aliphatic rings. The molecule has 3 heteroatoms. The Kier molecular flexibility index (Phi) is 2.52. The molecule has 0 fully saturated rings. The summed E-state index contributed by atoms with van der Waals surface area (Å²) >= 11 is 9.50. The van der Waals surface area contributed by atoms with Gasteiger partial charge in [0, 0.05) is 10.6 Å². The smallest absolute Gasteiger partial charge is 0.137 e. The molecule has 1 aromatic carbocycles. The molecule has 0 bridgehead atoms. The molecule has 0 amide bonds. The Hall–Kier alpha value is -0.210. The predicted molar refractivity (Wildman–Crippen MR) is 62.3 cm³/mol. The molecular formula is C11H12BrClO. The Morgan fingerprint density at radius 3 is 2.86 bits per heavy atom. The largest absolute Gasteiger partial charge is 0.492 e. The van der Waals surface area contributed by atoms with E-state index in [0.29, 0.717) is 0 Å². The van der Waals surface area contributed by atoms with E-state index in [-0.39, 0.29) is 5.41 Å². The zero-order valence-corrected chi connectivity index (χ0v) is 10.6. The van der Waals surface area contributed by atoms with E-state index in [1.807, 2.05) is 12.1 Å². The topological polar surface area (TPSA) is 9.23 Å². The first kappa shape index (κ1) is 10.3. The lowest BCUT2D eigenvalue weighted by Gasteiger charge is -2.33. The van der Waals surface area contributed by atoms with Crippen LogP contribution < -0.4 is 4.74 Å². The van der Waals surface area contributed by atoms with Crippen LogP contribution in [0.5, 0.6) is 5.75 Å². The first-order valence-corrected chi connectivity index (χ1v) is 5.80. The highest BCUT2D eigenvalue weighted by Gasteiger charge is 2.30. The molecule has 1 heterocycles. The van der Waals surface area contributed by atoms with Gasteiger partial charge in [0.15, 0.2) is 0 Å². The van der Waals surface area contributed by atoms with Gasteiger partial charge in [-0.1, -0.05) is 25.4 Å². The van der Waals surface area contributed by atoms with Crippen LogP contribution in [-0.4, -0.2) is 6.61 Å². The first-order chi connectivity index (χ1) is 6.50. The standard InChI is InChI=1S/C11H12BrClO/c1-11(2)3-4-14-10-8(11)5-7(13)6-9(10)12/h5-6H,3-4H2,1-2H3. The van der Waals surface area contributed by atoms with Crippen LogP contribution in [0.2, 0.25) is 5.02 Å². The van der Waals surface area contributed by atoms with Crippen molar-refractivity contribution in [3.63, 3.8) is 0 Å². The summed E-state index contributed by atoms with van der Waals surface area (Å²) in [6, 6.07) is 3.88. The number of rotatable bonds is 0. The highest BCUT2D eigenvalue weighted by atomic mass is 79.9. The zero-order chi connectivity index (χ0) is 10.3. The minimum Gasteiger partial charge on any atom is -0.492 e. The molecule has 0 atom stereocenters. The number of fused-ring (bicyclic) bond motifs is 1.